The second-order valence-corrected chi connectivity index (χ2v) is 7.49. The van der Waals surface area contributed by atoms with Crippen LogP contribution in [-0.4, -0.2) is 21.4 Å². The summed E-state index contributed by atoms with van der Waals surface area (Å²) in [4.78, 5) is 11.4. The molecule has 0 fully saturated rings. The third kappa shape index (κ3) is 2.77. The SMILES string of the molecule is CN(c1cc(F)ccc1Cl)S(=O)(=O)c1ccc2c(c1)CC(=O)N2. The lowest BCUT2D eigenvalue weighted by Gasteiger charge is -2.21. The van der Waals surface area contributed by atoms with Gasteiger partial charge in [0.1, 0.15) is 5.82 Å². The van der Waals surface area contributed by atoms with E-state index in [1.807, 2.05) is 0 Å². The van der Waals surface area contributed by atoms with Gasteiger partial charge < -0.3 is 5.32 Å². The van der Waals surface area contributed by atoms with Crippen LogP contribution in [0.25, 0.3) is 0 Å². The number of rotatable bonds is 3. The molecule has 1 aliphatic heterocycles. The molecule has 1 amide bonds. The summed E-state index contributed by atoms with van der Waals surface area (Å²) in [7, 11) is -2.63. The Bertz CT molecular complexity index is 915. The molecule has 1 N–H and O–H groups in total. The van der Waals surface area contributed by atoms with Gasteiger partial charge in [0.15, 0.2) is 0 Å². The topological polar surface area (TPSA) is 66.5 Å². The van der Waals surface area contributed by atoms with E-state index in [0.29, 0.717) is 11.3 Å². The summed E-state index contributed by atoms with van der Waals surface area (Å²) >= 11 is 5.97. The third-order valence-electron chi connectivity index (χ3n) is 3.61. The standard InChI is InChI=1S/C15H12ClFN2O3S/c1-19(14-8-10(17)2-4-12(14)16)23(21,22)11-3-5-13-9(6-11)7-15(20)18-13/h2-6,8H,7H2,1H3,(H,18,20). The van der Waals surface area contributed by atoms with Gasteiger partial charge in [-0.25, -0.2) is 12.8 Å². The number of anilines is 2. The number of benzene rings is 2. The van der Waals surface area contributed by atoms with Crippen LogP contribution in [0.3, 0.4) is 0 Å². The smallest absolute Gasteiger partial charge is 0.264 e. The Morgan fingerprint density at radius 2 is 1.96 bits per heavy atom. The fraction of sp³-hybridized carbons (Fsp3) is 0.133. The predicted octanol–water partition coefficient (Wildman–Crippen LogP) is 2.80. The lowest BCUT2D eigenvalue weighted by atomic mass is 10.2. The maximum absolute atomic E-state index is 13.4. The number of nitrogens with one attached hydrogen (secondary N) is 1. The van der Waals surface area contributed by atoms with E-state index in [4.69, 9.17) is 11.6 Å². The molecule has 2 aromatic rings. The molecule has 0 unspecified atom stereocenters. The van der Waals surface area contributed by atoms with Gasteiger partial charge in [0.05, 0.1) is 22.0 Å². The van der Waals surface area contributed by atoms with E-state index >= 15 is 0 Å². The molecule has 0 radical (unpaired) electrons. The number of amides is 1. The van der Waals surface area contributed by atoms with Crippen molar-refractivity contribution in [3.8, 4) is 0 Å². The molecule has 23 heavy (non-hydrogen) atoms. The maximum Gasteiger partial charge on any atom is 0.264 e. The fourth-order valence-corrected chi connectivity index (χ4v) is 3.93. The highest BCUT2D eigenvalue weighted by Gasteiger charge is 2.26. The minimum Gasteiger partial charge on any atom is -0.326 e. The van der Waals surface area contributed by atoms with E-state index in [-0.39, 0.29) is 27.9 Å². The molecule has 8 heteroatoms. The van der Waals surface area contributed by atoms with Crippen LogP contribution in [0.1, 0.15) is 5.56 Å². The van der Waals surface area contributed by atoms with E-state index in [1.54, 1.807) is 0 Å². The monoisotopic (exact) mass is 354 g/mol. The first-order chi connectivity index (χ1) is 10.8. The van der Waals surface area contributed by atoms with Gasteiger partial charge in [-0.15, -0.1) is 0 Å². The van der Waals surface area contributed by atoms with Gasteiger partial charge in [-0.1, -0.05) is 11.6 Å². The van der Waals surface area contributed by atoms with Gasteiger partial charge in [-0.2, -0.15) is 0 Å². The lowest BCUT2D eigenvalue weighted by molar-refractivity contribution is -0.115. The Kier molecular flexibility index (Phi) is 3.77. The van der Waals surface area contributed by atoms with Crippen LogP contribution in [-0.2, 0) is 21.2 Å². The van der Waals surface area contributed by atoms with Crippen molar-refractivity contribution in [3.05, 3.63) is 52.8 Å². The quantitative estimate of drug-likeness (QED) is 0.921. The number of hydrogen-bond donors (Lipinski definition) is 1. The number of carbonyl (C=O) groups excluding carboxylic acids is 1. The van der Waals surface area contributed by atoms with Gasteiger partial charge in [0.2, 0.25) is 5.91 Å². The van der Waals surface area contributed by atoms with Gasteiger partial charge >= 0.3 is 0 Å². The van der Waals surface area contributed by atoms with Crippen molar-refractivity contribution in [2.75, 3.05) is 16.7 Å². The first-order valence-electron chi connectivity index (χ1n) is 6.66. The van der Waals surface area contributed by atoms with E-state index in [2.05, 4.69) is 5.32 Å². The minimum atomic E-state index is -3.93. The summed E-state index contributed by atoms with van der Waals surface area (Å²) < 4.78 is 39.8. The second-order valence-electron chi connectivity index (χ2n) is 5.11. The zero-order chi connectivity index (χ0) is 16.8. The predicted molar refractivity (Wildman–Crippen MR) is 85.8 cm³/mol. The average Bonchev–Trinajstić information content (AvgIpc) is 2.88. The minimum absolute atomic E-state index is 0.00979. The second kappa shape index (κ2) is 5.50. The summed E-state index contributed by atoms with van der Waals surface area (Å²) in [5.74, 6) is -0.772. The molecule has 3 rings (SSSR count). The van der Waals surface area contributed by atoms with Crippen molar-refractivity contribution in [1.82, 2.24) is 0 Å². The van der Waals surface area contributed by atoms with E-state index in [1.165, 1.54) is 31.3 Å². The highest BCUT2D eigenvalue weighted by atomic mass is 35.5. The summed E-state index contributed by atoms with van der Waals surface area (Å²) in [5.41, 5.74) is 1.25. The van der Waals surface area contributed by atoms with E-state index in [9.17, 15) is 17.6 Å². The van der Waals surface area contributed by atoms with Crippen LogP contribution < -0.4 is 9.62 Å². The van der Waals surface area contributed by atoms with Gasteiger partial charge in [-0.05, 0) is 42.0 Å². The summed E-state index contributed by atoms with van der Waals surface area (Å²) in [6, 6.07) is 7.87. The Morgan fingerprint density at radius 3 is 2.70 bits per heavy atom. The molecular weight excluding hydrogens is 343 g/mol. The molecule has 5 nitrogen and oxygen atoms in total. The number of carbonyl (C=O) groups is 1. The molecule has 2 aromatic carbocycles. The van der Waals surface area contributed by atoms with Crippen molar-refractivity contribution in [2.45, 2.75) is 11.3 Å². The molecule has 1 aliphatic rings. The molecule has 0 saturated carbocycles. The zero-order valence-corrected chi connectivity index (χ0v) is 13.6. The number of fused-ring (bicyclic) bond motifs is 1. The van der Waals surface area contributed by atoms with Crippen LogP contribution in [0.4, 0.5) is 15.8 Å². The van der Waals surface area contributed by atoms with Crippen molar-refractivity contribution >= 4 is 38.9 Å². The molecule has 0 aliphatic carbocycles. The molecule has 0 aromatic heterocycles. The molecule has 120 valence electrons. The molecule has 0 bridgehead atoms. The van der Waals surface area contributed by atoms with Crippen molar-refractivity contribution in [2.24, 2.45) is 0 Å². The van der Waals surface area contributed by atoms with Crippen LogP contribution in [0.2, 0.25) is 5.02 Å². The van der Waals surface area contributed by atoms with Crippen molar-refractivity contribution in [3.63, 3.8) is 0 Å². The van der Waals surface area contributed by atoms with Crippen LogP contribution in [0, 0.1) is 5.82 Å². The molecule has 1 heterocycles. The highest BCUT2D eigenvalue weighted by molar-refractivity contribution is 7.92. The molecule has 0 atom stereocenters. The molecule has 0 saturated heterocycles. The first-order valence-corrected chi connectivity index (χ1v) is 8.47. The average molecular weight is 355 g/mol. The summed E-state index contributed by atoms with van der Waals surface area (Å²) in [6.07, 6.45) is 0.128. The van der Waals surface area contributed by atoms with E-state index in [0.717, 1.165) is 16.4 Å². The summed E-state index contributed by atoms with van der Waals surface area (Å²) in [5, 5.41) is 2.76. The van der Waals surface area contributed by atoms with E-state index < -0.39 is 15.8 Å². The summed E-state index contributed by atoms with van der Waals surface area (Å²) in [6.45, 7) is 0. The Balaban J connectivity index is 2.03. The largest absolute Gasteiger partial charge is 0.326 e. The number of hydrogen-bond acceptors (Lipinski definition) is 3. The van der Waals surface area contributed by atoms with Crippen LogP contribution in [0.15, 0.2) is 41.3 Å². The third-order valence-corrected chi connectivity index (χ3v) is 5.69. The first kappa shape index (κ1) is 15.8. The van der Waals surface area contributed by atoms with Gasteiger partial charge in [0.25, 0.3) is 10.0 Å². The molecular formula is C15H12ClFN2O3S. The Morgan fingerprint density at radius 1 is 1.22 bits per heavy atom. The maximum atomic E-state index is 13.4. The number of sulfonamides is 1. The van der Waals surface area contributed by atoms with Crippen molar-refractivity contribution < 1.29 is 17.6 Å². The number of halogens is 2. The lowest BCUT2D eigenvalue weighted by Crippen LogP contribution is -2.27. The zero-order valence-electron chi connectivity index (χ0n) is 12.0. The normalized spacial score (nSPS) is 13.6. The Labute approximate surface area is 137 Å². The molecule has 0 spiro atoms. The van der Waals surface area contributed by atoms with Gasteiger partial charge in [0, 0.05) is 12.7 Å². The highest BCUT2D eigenvalue weighted by Crippen LogP contribution is 2.32. The Hall–Kier alpha value is -2.12. The van der Waals surface area contributed by atoms with Gasteiger partial charge in [-0.3, -0.25) is 9.10 Å². The van der Waals surface area contributed by atoms with Crippen LogP contribution in [0.5, 0.6) is 0 Å². The fourth-order valence-electron chi connectivity index (χ4n) is 2.38. The van der Waals surface area contributed by atoms with Crippen molar-refractivity contribution in [1.29, 1.82) is 0 Å². The van der Waals surface area contributed by atoms with Crippen LogP contribution >= 0.6 is 11.6 Å². The number of nitrogens with zero attached hydrogens (tertiary/aromatic N) is 1.